The zero-order valence-electron chi connectivity index (χ0n) is 12.7. The Hall–Kier alpha value is -1.95. The summed E-state index contributed by atoms with van der Waals surface area (Å²) < 4.78 is 18.8. The highest BCUT2D eigenvalue weighted by Crippen LogP contribution is 2.30. The van der Waals surface area contributed by atoms with Crippen molar-refractivity contribution in [1.29, 1.82) is 0 Å². The van der Waals surface area contributed by atoms with Gasteiger partial charge in [-0.25, -0.2) is 4.39 Å². The average Bonchev–Trinajstić information content (AvgIpc) is 2.50. The van der Waals surface area contributed by atoms with Crippen LogP contribution in [0.2, 0.25) is 0 Å². The number of aryl methyl sites for hydroxylation is 2. The van der Waals surface area contributed by atoms with Gasteiger partial charge in [0.25, 0.3) is 5.91 Å². The van der Waals surface area contributed by atoms with E-state index in [-0.39, 0.29) is 12.4 Å². The van der Waals surface area contributed by atoms with Crippen LogP contribution in [0.3, 0.4) is 0 Å². The van der Waals surface area contributed by atoms with E-state index in [9.17, 15) is 19.1 Å². The van der Waals surface area contributed by atoms with Gasteiger partial charge in [0.05, 0.1) is 5.41 Å². The molecule has 120 valence electrons. The van der Waals surface area contributed by atoms with E-state index < -0.39 is 17.3 Å². The first-order valence-corrected chi connectivity index (χ1v) is 7.22. The van der Waals surface area contributed by atoms with E-state index in [1.165, 1.54) is 12.1 Å². The van der Waals surface area contributed by atoms with E-state index in [4.69, 9.17) is 4.74 Å². The Morgan fingerprint density at radius 1 is 1.27 bits per heavy atom. The lowest BCUT2D eigenvalue weighted by Crippen LogP contribution is -2.46. The summed E-state index contributed by atoms with van der Waals surface area (Å²) in [6.07, 6.45) is 0.730. The summed E-state index contributed by atoms with van der Waals surface area (Å²) in [7, 11) is 0. The smallest absolute Gasteiger partial charge is 0.311 e. The van der Waals surface area contributed by atoms with Crippen LogP contribution in [0.15, 0.2) is 12.1 Å². The Kier molecular flexibility index (Phi) is 4.81. The van der Waals surface area contributed by atoms with Gasteiger partial charge in [0.2, 0.25) is 0 Å². The molecule has 0 spiro atoms. The molecule has 6 heteroatoms. The Bertz CT molecular complexity index is 571. The molecule has 1 aromatic rings. The van der Waals surface area contributed by atoms with Crippen molar-refractivity contribution in [3.8, 4) is 0 Å². The summed E-state index contributed by atoms with van der Waals surface area (Å²) in [5.41, 5.74) is 0.134. The number of nitrogens with one attached hydrogen (secondary N) is 1. The standard InChI is InChI=1S/C16H20FNO4/c1-10-7-12(8-11(2)13(10)17)14(19)18-9-16(15(20)21)3-5-22-6-4-16/h7-8H,3-6,9H2,1-2H3,(H,18,19)(H,20,21). The van der Waals surface area contributed by atoms with E-state index in [0.29, 0.717) is 42.7 Å². The first kappa shape index (κ1) is 16.4. The summed E-state index contributed by atoms with van der Waals surface area (Å²) in [4.78, 5) is 23.7. The largest absolute Gasteiger partial charge is 0.481 e. The molecule has 0 aliphatic carbocycles. The molecule has 1 heterocycles. The Labute approximate surface area is 128 Å². The number of hydrogen-bond acceptors (Lipinski definition) is 3. The van der Waals surface area contributed by atoms with Crippen LogP contribution in [-0.4, -0.2) is 36.7 Å². The van der Waals surface area contributed by atoms with Crippen LogP contribution in [0.25, 0.3) is 0 Å². The van der Waals surface area contributed by atoms with Gasteiger partial charge in [0.1, 0.15) is 5.82 Å². The van der Waals surface area contributed by atoms with E-state index >= 15 is 0 Å². The maximum atomic E-state index is 13.6. The highest BCUT2D eigenvalue weighted by atomic mass is 19.1. The van der Waals surface area contributed by atoms with E-state index in [0.717, 1.165) is 0 Å². The molecule has 1 aliphatic heterocycles. The van der Waals surface area contributed by atoms with Gasteiger partial charge in [-0.2, -0.15) is 0 Å². The third-order valence-electron chi connectivity index (χ3n) is 4.19. The van der Waals surface area contributed by atoms with Crippen LogP contribution >= 0.6 is 0 Å². The first-order chi connectivity index (χ1) is 10.4. The maximum absolute atomic E-state index is 13.6. The minimum Gasteiger partial charge on any atom is -0.481 e. The number of benzene rings is 1. The minimum absolute atomic E-state index is 0.0417. The second-order valence-corrected chi connectivity index (χ2v) is 5.80. The molecule has 1 fully saturated rings. The molecule has 5 nitrogen and oxygen atoms in total. The number of rotatable bonds is 4. The van der Waals surface area contributed by atoms with Crippen LogP contribution in [0.4, 0.5) is 4.39 Å². The number of carbonyl (C=O) groups excluding carboxylic acids is 1. The fourth-order valence-corrected chi connectivity index (χ4v) is 2.66. The number of aliphatic carboxylic acids is 1. The van der Waals surface area contributed by atoms with Gasteiger partial charge in [-0.1, -0.05) is 0 Å². The number of amides is 1. The van der Waals surface area contributed by atoms with Crippen LogP contribution in [-0.2, 0) is 9.53 Å². The van der Waals surface area contributed by atoms with Gasteiger partial charge in [-0.3, -0.25) is 9.59 Å². The molecule has 1 aromatic carbocycles. The van der Waals surface area contributed by atoms with Gasteiger partial charge >= 0.3 is 5.97 Å². The van der Waals surface area contributed by atoms with Crippen molar-refractivity contribution in [2.75, 3.05) is 19.8 Å². The molecule has 1 saturated heterocycles. The van der Waals surface area contributed by atoms with E-state index in [2.05, 4.69) is 5.32 Å². The number of ether oxygens (including phenoxy) is 1. The highest BCUT2D eigenvalue weighted by molar-refractivity contribution is 5.95. The number of carboxylic acid groups (broad SMARTS) is 1. The van der Waals surface area contributed by atoms with Crippen LogP contribution in [0.1, 0.15) is 34.3 Å². The summed E-state index contributed by atoms with van der Waals surface area (Å²) in [6.45, 7) is 3.97. The maximum Gasteiger partial charge on any atom is 0.311 e. The van der Waals surface area contributed by atoms with Crippen molar-refractivity contribution < 1.29 is 23.8 Å². The first-order valence-electron chi connectivity index (χ1n) is 7.22. The Balaban J connectivity index is 2.10. The number of carboxylic acids is 1. The third-order valence-corrected chi connectivity index (χ3v) is 4.19. The molecule has 0 saturated carbocycles. The molecule has 2 N–H and O–H groups in total. The quantitative estimate of drug-likeness (QED) is 0.892. The van der Waals surface area contributed by atoms with Gasteiger partial charge in [-0.15, -0.1) is 0 Å². The Morgan fingerprint density at radius 2 is 1.82 bits per heavy atom. The topological polar surface area (TPSA) is 75.6 Å². The van der Waals surface area contributed by atoms with Crippen molar-refractivity contribution in [2.45, 2.75) is 26.7 Å². The van der Waals surface area contributed by atoms with E-state index in [1.54, 1.807) is 13.8 Å². The molecule has 1 aliphatic rings. The van der Waals surface area contributed by atoms with Crippen LogP contribution in [0, 0.1) is 25.1 Å². The molecule has 0 bridgehead atoms. The van der Waals surface area contributed by atoms with Crippen molar-refractivity contribution >= 4 is 11.9 Å². The molecule has 22 heavy (non-hydrogen) atoms. The molecule has 0 unspecified atom stereocenters. The van der Waals surface area contributed by atoms with Crippen LogP contribution < -0.4 is 5.32 Å². The lowest BCUT2D eigenvalue weighted by atomic mass is 9.80. The highest BCUT2D eigenvalue weighted by Gasteiger charge is 2.40. The molecule has 0 radical (unpaired) electrons. The lowest BCUT2D eigenvalue weighted by molar-refractivity contribution is -0.154. The minimum atomic E-state index is -0.988. The third kappa shape index (κ3) is 3.27. The molecule has 1 amide bonds. The average molecular weight is 309 g/mol. The predicted octanol–water partition coefficient (Wildman–Crippen LogP) is 2.05. The number of hydrogen-bond donors (Lipinski definition) is 2. The summed E-state index contributed by atoms with van der Waals surface area (Å²) in [6, 6.07) is 2.93. The summed E-state index contributed by atoms with van der Waals surface area (Å²) in [5.74, 6) is -1.65. The molecule has 0 atom stereocenters. The van der Waals surface area contributed by atoms with Gasteiger partial charge < -0.3 is 15.2 Å². The summed E-state index contributed by atoms with van der Waals surface area (Å²) in [5, 5.41) is 12.1. The van der Waals surface area contributed by atoms with Crippen molar-refractivity contribution in [2.24, 2.45) is 5.41 Å². The molecular weight excluding hydrogens is 289 g/mol. The van der Waals surface area contributed by atoms with Gasteiger partial charge in [0.15, 0.2) is 0 Å². The zero-order valence-corrected chi connectivity index (χ0v) is 12.7. The Morgan fingerprint density at radius 3 is 2.32 bits per heavy atom. The van der Waals surface area contributed by atoms with Crippen molar-refractivity contribution in [1.82, 2.24) is 5.32 Å². The van der Waals surface area contributed by atoms with Gasteiger partial charge in [0, 0.05) is 25.3 Å². The number of halogens is 1. The SMILES string of the molecule is Cc1cc(C(=O)NCC2(C(=O)O)CCOCC2)cc(C)c1F. The number of carbonyl (C=O) groups is 2. The predicted molar refractivity (Wildman–Crippen MR) is 78.3 cm³/mol. The fourth-order valence-electron chi connectivity index (χ4n) is 2.66. The molecule has 2 rings (SSSR count). The van der Waals surface area contributed by atoms with Crippen molar-refractivity contribution in [3.63, 3.8) is 0 Å². The molecular formula is C16H20FNO4. The van der Waals surface area contributed by atoms with E-state index in [1.807, 2.05) is 0 Å². The van der Waals surface area contributed by atoms with Crippen LogP contribution in [0.5, 0.6) is 0 Å². The fraction of sp³-hybridized carbons (Fsp3) is 0.500. The lowest BCUT2D eigenvalue weighted by Gasteiger charge is -2.33. The van der Waals surface area contributed by atoms with Gasteiger partial charge in [-0.05, 0) is 49.9 Å². The zero-order chi connectivity index (χ0) is 16.3. The second-order valence-electron chi connectivity index (χ2n) is 5.80. The molecule has 0 aromatic heterocycles. The monoisotopic (exact) mass is 309 g/mol. The normalized spacial score (nSPS) is 17.0. The second kappa shape index (κ2) is 6.44. The summed E-state index contributed by atoms with van der Waals surface area (Å²) >= 11 is 0. The van der Waals surface area contributed by atoms with Crippen molar-refractivity contribution in [3.05, 3.63) is 34.6 Å².